The van der Waals surface area contributed by atoms with Gasteiger partial charge in [-0.1, -0.05) is 6.92 Å². The lowest BCUT2D eigenvalue weighted by Gasteiger charge is -2.34. The first-order chi connectivity index (χ1) is 8.04. The Hall–Kier alpha value is -0.810. The minimum Gasteiger partial charge on any atom is -0.389 e. The number of urea groups is 1. The van der Waals surface area contributed by atoms with Gasteiger partial charge in [0.25, 0.3) is 0 Å². The van der Waals surface area contributed by atoms with Crippen LogP contribution in [0.5, 0.6) is 0 Å². The fraction of sp³-hybridized carbons (Fsp3) is 0.917. The number of hydrogen-bond donors (Lipinski definition) is 1. The summed E-state index contributed by atoms with van der Waals surface area (Å²) in [6.45, 7) is 4.39. The number of hydrogen-bond acceptors (Lipinski definition) is 3. The van der Waals surface area contributed by atoms with E-state index in [1.54, 1.807) is 11.9 Å². The smallest absolute Gasteiger partial charge is 0.319 e. The van der Waals surface area contributed by atoms with Gasteiger partial charge in [-0.3, -0.25) is 0 Å². The number of ether oxygens (including phenoxy) is 1. The number of methoxy groups -OCH3 is 1. The molecule has 5 heteroatoms. The van der Waals surface area contributed by atoms with Crippen LogP contribution in [-0.4, -0.2) is 67.4 Å². The van der Waals surface area contributed by atoms with E-state index in [1.165, 1.54) is 13.5 Å². The van der Waals surface area contributed by atoms with Crippen LogP contribution in [0.25, 0.3) is 0 Å². The molecular formula is C12H24N2O3. The van der Waals surface area contributed by atoms with Gasteiger partial charge in [-0.2, -0.15) is 0 Å². The predicted octanol–water partition coefficient (Wildman–Crippen LogP) is 0.777. The number of likely N-dealkylation sites (tertiary alicyclic amines) is 1. The number of nitrogens with zero attached hydrogens (tertiary/aromatic N) is 2. The molecule has 0 aromatic carbocycles. The van der Waals surface area contributed by atoms with Crippen LogP contribution in [0.1, 0.15) is 19.8 Å². The van der Waals surface area contributed by atoms with Crippen LogP contribution in [0, 0.1) is 5.92 Å². The summed E-state index contributed by atoms with van der Waals surface area (Å²) in [5, 5.41) is 9.58. The van der Waals surface area contributed by atoms with Crippen molar-refractivity contribution in [2.75, 3.05) is 40.4 Å². The summed E-state index contributed by atoms with van der Waals surface area (Å²) in [6, 6.07) is 0.00621. The quantitative estimate of drug-likeness (QED) is 0.795. The molecular weight excluding hydrogens is 220 g/mol. The first-order valence-electron chi connectivity index (χ1n) is 6.21. The molecule has 0 aromatic rings. The first kappa shape index (κ1) is 14.3. The Kier molecular flexibility index (Phi) is 5.71. The zero-order valence-electron chi connectivity index (χ0n) is 11.1. The van der Waals surface area contributed by atoms with Crippen molar-refractivity contribution in [1.82, 2.24) is 9.80 Å². The van der Waals surface area contributed by atoms with Gasteiger partial charge in [-0.25, -0.2) is 4.79 Å². The van der Waals surface area contributed by atoms with Gasteiger partial charge in [-0.15, -0.1) is 0 Å². The molecule has 17 heavy (non-hydrogen) atoms. The highest BCUT2D eigenvalue weighted by Gasteiger charge is 2.24. The number of carbonyl (C=O) groups is 1. The first-order valence-corrected chi connectivity index (χ1v) is 6.21. The normalized spacial score (nSPS) is 22.4. The lowest BCUT2D eigenvalue weighted by Crippen LogP contribution is -2.48. The molecule has 5 nitrogen and oxygen atoms in total. The maximum Gasteiger partial charge on any atom is 0.319 e. The fourth-order valence-electron chi connectivity index (χ4n) is 2.24. The molecule has 1 fully saturated rings. The van der Waals surface area contributed by atoms with Crippen molar-refractivity contribution in [3.05, 3.63) is 0 Å². The van der Waals surface area contributed by atoms with Crippen LogP contribution in [0.15, 0.2) is 0 Å². The Morgan fingerprint density at radius 2 is 2.35 bits per heavy atom. The number of carbonyl (C=O) groups excluding carboxylic acids is 1. The van der Waals surface area contributed by atoms with Crippen LogP contribution in [0.3, 0.4) is 0 Å². The molecule has 1 aliphatic heterocycles. The van der Waals surface area contributed by atoms with Crippen LogP contribution >= 0.6 is 0 Å². The van der Waals surface area contributed by atoms with Crippen molar-refractivity contribution in [3.63, 3.8) is 0 Å². The maximum absolute atomic E-state index is 12.1. The summed E-state index contributed by atoms with van der Waals surface area (Å²) >= 11 is 0. The molecule has 100 valence electrons. The number of rotatable bonds is 4. The molecule has 0 spiro atoms. The van der Waals surface area contributed by atoms with E-state index in [-0.39, 0.29) is 12.6 Å². The van der Waals surface area contributed by atoms with Gasteiger partial charge >= 0.3 is 6.03 Å². The molecule has 2 atom stereocenters. The molecule has 0 aliphatic carbocycles. The molecule has 1 N–H and O–H groups in total. The third-order valence-corrected chi connectivity index (χ3v) is 3.10. The summed E-state index contributed by atoms with van der Waals surface area (Å²) < 4.78 is 4.85. The van der Waals surface area contributed by atoms with E-state index in [9.17, 15) is 9.90 Å². The monoisotopic (exact) mass is 244 g/mol. The molecule has 2 amide bonds. The average molecular weight is 244 g/mol. The van der Waals surface area contributed by atoms with E-state index >= 15 is 0 Å². The van der Waals surface area contributed by atoms with E-state index in [4.69, 9.17) is 4.74 Å². The topological polar surface area (TPSA) is 53.0 Å². The summed E-state index contributed by atoms with van der Waals surface area (Å²) in [5.41, 5.74) is 0. The SMILES string of the molecule is COCC(O)CN(C)C(=O)N1CCCC(C)C1. The van der Waals surface area contributed by atoms with Crippen molar-refractivity contribution >= 4 is 6.03 Å². The Balaban J connectivity index is 2.39. The second-order valence-corrected chi connectivity index (χ2v) is 4.97. The molecule has 0 radical (unpaired) electrons. The average Bonchev–Trinajstić information content (AvgIpc) is 2.28. The number of aliphatic hydroxyl groups excluding tert-OH is 1. The lowest BCUT2D eigenvalue weighted by molar-refractivity contribution is 0.0436. The molecule has 1 rings (SSSR count). The van der Waals surface area contributed by atoms with E-state index < -0.39 is 6.10 Å². The fourth-order valence-corrected chi connectivity index (χ4v) is 2.24. The molecule has 1 aliphatic rings. The van der Waals surface area contributed by atoms with Gasteiger partial charge < -0.3 is 19.6 Å². The van der Waals surface area contributed by atoms with E-state index in [0.29, 0.717) is 12.5 Å². The summed E-state index contributed by atoms with van der Waals surface area (Å²) in [5.74, 6) is 0.574. The van der Waals surface area contributed by atoms with Gasteiger partial charge in [0.2, 0.25) is 0 Å². The molecule has 2 unspecified atom stereocenters. The number of amides is 2. The van der Waals surface area contributed by atoms with Crippen LogP contribution in [0.4, 0.5) is 4.79 Å². The number of likely N-dealkylation sites (N-methyl/N-ethyl adjacent to an activating group) is 1. The van der Waals surface area contributed by atoms with Gasteiger partial charge in [0.05, 0.1) is 19.3 Å². The number of aliphatic hydroxyl groups is 1. The standard InChI is InChI=1S/C12H24N2O3/c1-10-5-4-6-14(7-10)12(16)13(2)8-11(15)9-17-3/h10-11,15H,4-9H2,1-3H3. The number of piperidine rings is 1. The van der Waals surface area contributed by atoms with E-state index in [2.05, 4.69) is 6.92 Å². The zero-order valence-corrected chi connectivity index (χ0v) is 11.1. The molecule has 0 aromatic heterocycles. The van der Waals surface area contributed by atoms with Crippen molar-refractivity contribution in [2.45, 2.75) is 25.9 Å². The van der Waals surface area contributed by atoms with E-state index in [1.807, 2.05) is 4.90 Å². The highest BCUT2D eigenvalue weighted by atomic mass is 16.5. The van der Waals surface area contributed by atoms with Gasteiger partial charge in [0, 0.05) is 27.2 Å². The van der Waals surface area contributed by atoms with Crippen molar-refractivity contribution in [1.29, 1.82) is 0 Å². The zero-order chi connectivity index (χ0) is 12.8. The lowest BCUT2D eigenvalue weighted by atomic mass is 10.0. The van der Waals surface area contributed by atoms with Crippen LogP contribution < -0.4 is 0 Å². The van der Waals surface area contributed by atoms with E-state index in [0.717, 1.165) is 19.5 Å². The predicted molar refractivity (Wildman–Crippen MR) is 65.9 cm³/mol. The van der Waals surface area contributed by atoms with Gasteiger partial charge in [0.15, 0.2) is 0 Å². The van der Waals surface area contributed by atoms with Gasteiger partial charge in [0.1, 0.15) is 0 Å². The largest absolute Gasteiger partial charge is 0.389 e. The van der Waals surface area contributed by atoms with Crippen molar-refractivity contribution < 1.29 is 14.6 Å². The Bertz CT molecular complexity index is 248. The second kappa shape index (κ2) is 6.81. The van der Waals surface area contributed by atoms with Crippen molar-refractivity contribution in [2.24, 2.45) is 5.92 Å². The van der Waals surface area contributed by atoms with Crippen LogP contribution in [-0.2, 0) is 4.74 Å². The molecule has 0 saturated carbocycles. The minimum atomic E-state index is -0.615. The Morgan fingerprint density at radius 1 is 1.65 bits per heavy atom. The second-order valence-electron chi connectivity index (χ2n) is 4.97. The van der Waals surface area contributed by atoms with Crippen LogP contribution in [0.2, 0.25) is 0 Å². The maximum atomic E-state index is 12.1. The summed E-state index contributed by atoms with van der Waals surface area (Å²) in [7, 11) is 3.26. The Labute approximate surface area is 103 Å². The molecule has 1 heterocycles. The van der Waals surface area contributed by atoms with Gasteiger partial charge in [-0.05, 0) is 18.8 Å². The highest BCUT2D eigenvalue weighted by Crippen LogP contribution is 2.16. The summed E-state index contributed by atoms with van der Waals surface area (Å²) in [6.07, 6.45) is 1.65. The summed E-state index contributed by atoms with van der Waals surface area (Å²) in [4.78, 5) is 15.5. The third kappa shape index (κ3) is 4.52. The highest BCUT2D eigenvalue weighted by molar-refractivity contribution is 5.74. The van der Waals surface area contributed by atoms with Crippen molar-refractivity contribution in [3.8, 4) is 0 Å². The minimum absolute atomic E-state index is 0.00621. The third-order valence-electron chi connectivity index (χ3n) is 3.10. The molecule has 1 saturated heterocycles. The molecule has 0 bridgehead atoms. The Morgan fingerprint density at radius 3 is 2.94 bits per heavy atom.